The van der Waals surface area contributed by atoms with Crippen LogP contribution in [-0.4, -0.2) is 10.9 Å². The predicted molar refractivity (Wildman–Crippen MR) is 66.5 cm³/mol. The van der Waals surface area contributed by atoms with Crippen LogP contribution in [0.15, 0.2) is 24.3 Å². The van der Waals surface area contributed by atoms with Crippen molar-refractivity contribution in [3.05, 3.63) is 35.7 Å². The van der Waals surface area contributed by atoms with Gasteiger partial charge in [-0.15, -0.1) is 0 Å². The Bertz CT molecular complexity index is 562. The van der Waals surface area contributed by atoms with Crippen molar-refractivity contribution in [2.75, 3.05) is 0 Å². The van der Waals surface area contributed by atoms with Gasteiger partial charge >= 0.3 is 0 Å². The lowest BCUT2D eigenvalue weighted by Gasteiger charge is -2.24. The average molecular weight is 246 g/mol. The number of phenols is 1. The van der Waals surface area contributed by atoms with Crippen LogP contribution in [0, 0.1) is 17.2 Å². The molecule has 0 saturated heterocycles. The number of carbonyl (C=O) groups excluding carboxylic acids is 1. The molecule has 0 aliphatic heterocycles. The predicted octanol–water partition coefficient (Wildman–Crippen LogP) is 3.30. The first-order valence-electron chi connectivity index (χ1n) is 6.27. The van der Waals surface area contributed by atoms with Crippen LogP contribution in [-0.2, 0) is 4.79 Å². The lowest BCUT2D eigenvalue weighted by atomic mass is 9.78. The van der Waals surface area contributed by atoms with Crippen LogP contribution in [0.25, 0.3) is 5.57 Å². The van der Waals surface area contributed by atoms with Gasteiger partial charge in [0.1, 0.15) is 0 Å². The van der Waals surface area contributed by atoms with E-state index >= 15 is 0 Å². The molecule has 2 atom stereocenters. The molecule has 0 bridgehead atoms. The molecule has 1 aromatic rings. The number of benzene rings is 1. The Morgan fingerprint density at radius 2 is 2.22 bits per heavy atom. The fraction of sp³-hybridized carbons (Fsp3) is 0.400. The van der Waals surface area contributed by atoms with E-state index in [9.17, 15) is 14.3 Å². The van der Waals surface area contributed by atoms with Crippen LogP contribution in [0.3, 0.4) is 0 Å². The molecule has 0 radical (unpaired) electrons. The van der Waals surface area contributed by atoms with Crippen molar-refractivity contribution < 1.29 is 14.3 Å². The fourth-order valence-corrected chi connectivity index (χ4v) is 3.34. The maximum Gasteiger partial charge on any atom is 0.165 e. The summed E-state index contributed by atoms with van der Waals surface area (Å²) in [5.41, 5.74) is 1.36. The van der Waals surface area contributed by atoms with Crippen molar-refractivity contribution in [1.29, 1.82) is 0 Å². The van der Waals surface area contributed by atoms with Gasteiger partial charge in [0.15, 0.2) is 17.3 Å². The molecule has 1 N–H and O–H groups in total. The fourth-order valence-electron chi connectivity index (χ4n) is 3.34. The second-order valence-corrected chi connectivity index (χ2v) is 5.49. The van der Waals surface area contributed by atoms with Gasteiger partial charge in [-0.3, -0.25) is 4.79 Å². The highest BCUT2D eigenvalue weighted by Gasteiger charge is 2.49. The van der Waals surface area contributed by atoms with E-state index in [0.29, 0.717) is 5.56 Å². The van der Waals surface area contributed by atoms with Crippen molar-refractivity contribution in [1.82, 2.24) is 0 Å². The summed E-state index contributed by atoms with van der Waals surface area (Å²) in [6.07, 6.45) is 4.61. The van der Waals surface area contributed by atoms with Crippen LogP contribution in [0.5, 0.6) is 5.75 Å². The number of rotatable bonds is 1. The van der Waals surface area contributed by atoms with E-state index in [0.717, 1.165) is 24.8 Å². The first-order valence-corrected chi connectivity index (χ1v) is 6.27. The zero-order valence-electron chi connectivity index (χ0n) is 10.2. The van der Waals surface area contributed by atoms with Crippen molar-refractivity contribution in [3.63, 3.8) is 0 Å². The number of ketones is 1. The van der Waals surface area contributed by atoms with Gasteiger partial charge in [-0.25, -0.2) is 4.39 Å². The van der Waals surface area contributed by atoms with Crippen molar-refractivity contribution in [3.8, 4) is 5.75 Å². The van der Waals surface area contributed by atoms with Gasteiger partial charge in [-0.1, -0.05) is 19.4 Å². The van der Waals surface area contributed by atoms with E-state index in [4.69, 9.17) is 0 Å². The van der Waals surface area contributed by atoms with Crippen molar-refractivity contribution in [2.24, 2.45) is 11.3 Å². The molecule has 0 spiro atoms. The van der Waals surface area contributed by atoms with Crippen molar-refractivity contribution >= 4 is 11.4 Å². The van der Waals surface area contributed by atoms with Gasteiger partial charge in [-0.05, 0) is 48.1 Å². The van der Waals surface area contributed by atoms with Crippen LogP contribution < -0.4 is 0 Å². The molecule has 0 amide bonds. The quantitative estimate of drug-likeness (QED) is 0.825. The van der Waals surface area contributed by atoms with Crippen LogP contribution >= 0.6 is 0 Å². The van der Waals surface area contributed by atoms with E-state index in [-0.39, 0.29) is 22.9 Å². The second kappa shape index (κ2) is 3.67. The van der Waals surface area contributed by atoms with Gasteiger partial charge < -0.3 is 5.11 Å². The Labute approximate surface area is 105 Å². The summed E-state index contributed by atoms with van der Waals surface area (Å²) >= 11 is 0. The summed E-state index contributed by atoms with van der Waals surface area (Å²) in [6.45, 7) is 2.01. The summed E-state index contributed by atoms with van der Waals surface area (Å²) in [5.74, 6) is -0.618. The monoisotopic (exact) mass is 246 g/mol. The molecule has 2 aliphatic rings. The zero-order valence-corrected chi connectivity index (χ0v) is 10.2. The summed E-state index contributed by atoms with van der Waals surface area (Å²) in [7, 11) is 0. The van der Waals surface area contributed by atoms with Crippen LogP contribution in [0.1, 0.15) is 31.7 Å². The Hall–Kier alpha value is -1.64. The zero-order chi connectivity index (χ0) is 12.9. The minimum Gasteiger partial charge on any atom is -0.505 e. The minimum atomic E-state index is -0.632. The van der Waals surface area contributed by atoms with E-state index in [1.165, 1.54) is 12.1 Å². The molecular weight excluding hydrogens is 231 g/mol. The topological polar surface area (TPSA) is 37.3 Å². The van der Waals surface area contributed by atoms with Gasteiger partial charge in [-0.2, -0.15) is 0 Å². The van der Waals surface area contributed by atoms with Crippen molar-refractivity contribution in [2.45, 2.75) is 26.2 Å². The minimum absolute atomic E-state index is 0.161. The molecule has 0 aromatic heterocycles. The molecular formula is C15H15FO2. The van der Waals surface area contributed by atoms with E-state index in [2.05, 4.69) is 0 Å². The SMILES string of the molecule is CC12CCCC1C(c1ccc(O)c(F)c1)=CC2=O. The lowest BCUT2D eigenvalue weighted by molar-refractivity contribution is -0.122. The standard InChI is InChI=1S/C15H15FO2/c1-15-6-2-3-11(15)10(8-14(15)18)9-4-5-13(17)12(16)7-9/h4-5,7-8,11,17H,2-3,6H2,1H3. The van der Waals surface area contributed by atoms with Gasteiger partial charge in [0.25, 0.3) is 0 Å². The highest BCUT2D eigenvalue weighted by atomic mass is 19.1. The van der Waals surface area contributed by atoms with Gasteiger partial charge in [0.2, 0.25) is 0 Å². The number of aromatic hydroxyl groups is 1. The first kappa shape index (κ1) is 11.5. The number of halogens is 1. The Kier molecular flexibility index (Phi) is 2.34. The third-order valence-corrected chi connectivity index (χ3v) is 4.46. The highest BCUT2D eigenvalue weighted by molar-refractivity contribution is 6.07. The molecule has 1 fully saturated rings. The van der Waals surface area contributed by atoms with E-state index in [1.807, 2.05) is 6.92 Å². The molecule has 2 aliphatic carbocycles. The number of fused-ring (bicyclic) bond motifs is 1. The number of hydrogen-bond donors (Lipinski definition) is 1. The third kappa shape index (κ3) is 1.43. The molecule has 0 heterocycles. The Balaban J connectivity index is 2.05. The summed E-state index contributed by atoms with van der Waals surface area (Å²) in [5, 5.41) is 9.22. The van der Waals surface area contributed by atoms with E-state index < -0.39 is 5.82 Å². The normalized spacial score (nSPS) is 30.4. The molecule has 18 heavy (non-hydrogen) atoms. The second-order valence-electron chi connectivity index (χ2n) is 5.49. The molecule has 2 unspecified atom stereocenters. The Morgan fingerprint density at radius 1 is 1.44 bits per heavy atom. The summed E-state index contributed by atoms with van der Waals surface area (Å²) in [4.78, 5) is 12.1. The average Bonchev–Trinajstić information content (AvgIpc) is 2.82. The van der Waals surface area contributed by atoms with Gasteiger partial charge in [0.05, 0.1) is 0 Å². The third-order valence-electron chi connectivity index (χ3n) is 4.46. The molecule has 3 heteroatoms. The lowest BCUT2D eigenvalue weighted by Crippen LogP contribution is -2.25. The van der Waals surface area contributed by atoms with Crippen LogP contribution in [0.4, 0.5) is 4.39 Å². The molecule has 3 rings (SSSR count). The number of allylic oxidation sites excluding steroid dienone is 2. The molecule has 1 aromatic carbocycles. The Morgan fingerprint density at radius 3 is 2.94 bits per heavy atom. The van der Waals surface area contributed by atoms with Gasteiger partial charge in [0, 0.05) is 5.41 Å². The number of hydrogen-bond acceptors (Lipinski definition) is 2. The number of carbonyl (C=O) groups is 1. The molecule has 2 nitrogen and oxygen atoms in total. The highest BCUT2D eigenvalue weighted by Crippen LogP contribution is 2.54. The van der Waals surface area contributed by atoms with E-state index in [1.54, 1.807) is 12.1 Å². The molecule has 94 valence electrons. The smallest absolute Gasteiger partial charge is 0.165 e. The first-order chi connectivity index (χ1) is 8.52. The summed E-state index contributed by atoms with van der Waals surface area (Å²) in [6, 6.07) is 4.35. The largest absolute Gasteiger partial charge is 0.505 e. The maximum atomic E-state index is 13.4. The van der Waals surface area contributed by atoms with Crippen LogP contribution in [0.2, 0.25) is 0 Å². The summed E-state index contributed by atoms with van der Waals surface area (Å²) < 4.78 is 13.4. The maximum absolute atomic E-state index is 13.4. The number of phenolic OH excluding ortho intramolecular Hbond substituents is 1. The molecule has 1 saturated carbocycles.